The quantitative estimate of drug-likeness (QED) is 0.0992. The summed E-state index contributed by atoms with van der Waals surface area (Å²) in [5, 5.41) is 12.8. The van der Waals surface area contributed by atoms with E-state index in [9.17, 15) is 14.7 Å². The number of rotatable bonds is 8. The minimum atomic E-state index is -0.778. The van der Waals surface area contributed by atoms with Gasteiger partial charge in [-0.25, -0.2) is 9.59 Å². The van der Waals surface area contributed by atoms with Gasteiger partial charge in [0.25, 0.3) is 0 Å². The smallest absolute Gasteiger partial charge is 0.345 e. The highest BCUT2D eigenvalue weighted by Gasteiger charge is 2.33. The maximum absolute atomic E-state index is 14.5. The first-order valence-corrected chi connectivity index (χ1v) is 14.8. The second-order valence-electron chi connectivity index (χ2n) is 10.5. The largest absolute Gasteiger partial charge is 0.504 e. The molecule has 0 spiro atoms. The zero-order valence-corrected chi connectivity index (χ0v) is 26.3. The number of hydrogen-bond donors (Lipinski definition) is 1. The number of para-hydroxylation sites is 2. The fourth-order valence-electron chi connectivity index (χ4n) is 5.33. The molecular weight excluding hydrogens is 625 g/mol. The van der Waals surface area contributed by atoms with Gasteiger partial charge in [0.15, 0.2) is 11.5 Å². The summed E-state index contributed by atoms with van der Waals surface area (Å²) in [6.07, 6.45) is 0. The molecule has 0 aliphatic rings. The number of hydrogen-bond acceptors (Lipinski definition) is 7. The number of carbonyl (C=O) groups is 1. The van der Waals surface area contributed by atoms with E-state index in [0.717, 1.165) is 0 Å². The van der Waals surface area contributed by atoms with Gasteiger partial charge in [0.05, 0.1) is 5.56 Å². The van der Waals surface area contributed by atoms with Crippen LogP contribution in [-0.2, 0) is 0 Å². The Kier molecular flexibility index (Phi) is 9.27. The molecule has 0 aliphatic carbocycles. The lowest BCUT2D eigenvalue weighted by molar-refractivity contribution is 0.0735. The summed E-state index contributed by atoms with van der Waals surface area (Å²) in [5.41, 5.74) is 1.47. The molecule has 0 saturated carbocycles. The second-order valence-corrected chi connectivity index (χ2v) is 10.5. The van der Waals surface area contributed by atoms with Crippen LogP contribution in [-0.4, -0.2) is 11.1 Å². The van der Waals surface area contributed by atoms with E-state index in [2.05, 4.69) is 0 Å². The Morgan fingerprint density at radius 3 is 1.65 bits per heavy atom. The third-order valence-corrected chi connectivity index (χ3v) is 7.45. The maximum Gasteiger partial charge on any atom is 0.345 e. The normalized spacial score (nSPS) is 10.6. The molecule has 236 valence electrons. The van der Waals surface area contributed by atoms with E-state index in [1.807, 2.05) is 84.9 Å². The molecule has 1 aromatic heterocycles. The van der Waals surface area contributed by atoms with Crippen LogP contribution < -0.4 is 19.8 Å². The molecule has 1 heterocycles. The first-order chi connectivity index (χ1) is 23.0. The predicted octanol–water partition coefficient (Wildman–Crippen LogP) is 9.75. The Morgan fingerprint density at radius 1 is 0.562 bits per heavy atom. The summed E-state index contributed by atoms with van der Waals surface area (Å²) in [6, 6.07) is 44.0. The molecule has 6 aromatic carbocycles. The van der Waals surface area contributed by atoms with Crippen molar-refractivity contribution in [1.29, 1.82) is 0 Å². The lowest BCUT2D eigenvalue weighted by Gasteiger charge is -2.24. The highest BCUT2D eigenvalue weighted by Crippen LogP contribution is 2.55. The monoisotopic (exact) mass is 652 g/mol. The van der Waals surface area contributed by atoms with Crippen molar-refractivity contribution in [1.82, 2.24) is 0 Å². The minimum Gasteiger partial charge on any atom is -0.504 e. The molecule has 7 aromatic rings. The highest BCUT2D eigenvalue weighted by atomic mass is 32.1. The van der Waals surface area contributed by atoms with Crippen molar-refractivity contribution in [3.05, 3.63) is 168 Å². The zero-order valence-electron chi connectivity index (χ0n) is 25.3. The Labute approximate surface area is 282 Å². The third-order valence-electron chi connectivity index (χ3n) is 7.45. The second kappa shape index (κ2) is 14.0. The van der Waals surface area contributed by atoms with Crippen LogP contribution in [0.15, 0.2) is 161 Å². The predicted molar refractivity (Wildman–Crippen MR) is 190 cm³/mol. The van der Waals surface area contributed by atoms with Gasteiger partial charge in [-0.15, -0.1) is 0 Å². The molecule has 8 heteroatoms. The van der Waals surface area contributed by atoms with Gasteiger partial charge in [0.2, 0.25) is 5.75 Å². The summed E-state index contributed by atoms with van der Waals surface area (Å²) < 4.78 is 24.2. The van der Waals surface area contributed by atoms with Crippen molar-refractivity contribution >= 4 is 30.4 Å². The van der Waals surface area contributed by atoms with Crippen molar-refractivity contribution < 1.29 is 28.5 Å². The van der Waals surface area contributed by atoms with Gasteiger partial charge in [-0.1, -0.05) is 97.1 Å². The first kappa shape index (κ1) is 31.7. The molecule has 7 rings (SSSR count). The van der Waals surface area contributed by atoms with E-state index in [1.54, 1.807) is 54.6 Å². The van der Waals surface area contributed by atoms with Crippen molar-refractivity contribution in [3.8, 4) is 56.8 Å². The zero-order chi connectivity index (χ0) is 32.2. The molecule has 0 amide bonds. The fourth-order valence-corrected chi connectivity index (χ4v) is 5.33. The first-order valence-electron chi connectivity index (χ1n) is 14.8. The average Bonchev–Trinajstić information content (AvgIpc) is 3.11. The van der Waals surface area contributed by atoms with E-state index in [1.165, 1.54) is 12.1 Å². The topological polar surface area (TPSA) is 95.2 Å². The van der Waals surface area contributed by atoms with Crippen LogP contribution in [0.3, 0.4) is 0 Å². The summed E-state index contributed by atoms with van der Waals surface area (Å²) in [5.74, 6) is 0.0816. The van der Waals surface area contributed by atoms with Gasteiger partial charge in [-0.05, 0) is 53.6 Å². The van der Waals surface area contributed by atoms with Crippen LogP contribution in [0.2, 0.25) is 0 Å². The minimum absolute atomic E-state index is 0. The molecule has 0 radical (unpaired) electrons. The van der Waals surface area contributed by atoms with Gasteiger partial charge in [0, 0.05) is 28.6 Å². The van der Waals surface area contributed by atoms with Crippen LogP contribution in [0.4, 0.5) is 0 Å². The molecule has 7 nitrogen and oxygen atoms in total. The van der Waals surface area contributed by atoms with E-state index < -0.39 is 11.6 Å². The lowest BCUT2D eigenvalue weighted by Crippen LogP contribution is -2.13. The van der Waals surface area contributed by atoms with Gasteiger partial charge < -0.3 is 23.7 Å². The van der Waals surface area contributed by atoms with Crippen molar-refractivity contribution in [2.75, 3.05) is 0 Å². The van der Waals surface area contributed by atoms with Crippen LogP contribution in [0.25, 0.3) is 33.2 Å². The number of ether oxygens (including phenoxy) is 3. The fraction of sp³-hybridized carbons (Fsp3) is 0. The van der Waals surface area contributed by atoms with Crippen LogP contribution in [0, 0.1) is 0 Å². The average molecular weight is 653 g/mol. The Morgan fingerprint density at radius 2 is 1.06 bits per heavy atom. The standard InChI is InChI=1S/C40H26O7.H2S/c41-33-24-22-26-21-23-31(25-32(26)47-33)46-40(43)36-34(27-13-5-1-6-14-27)37(42)39(45-30-19-11-4-12-20-30)38(44-29-17-9-3-10-18-29)35(36)28-15-7-2-8-16-28;/h1-25,42H;1H2. The number of phenols is 1. The van der Waals surface area contributed by atoms with Gasteiger partial charge in [-0.3, -0.25) is 0 Å². The van der Waals surface area contributed by atoms with E-state index >= 15 is 0 Å². The van der Waals surface area contributed by atoms with Gasteiger partial charge in [0.1, 0.15) is 22.8 Å². The van der Waals surface area contributed by atoms with Crippen molar-refractivity contribution in [2.24, 2.45) is 0 Å². The van der Waals surface area contributed by atoms with Crippen LogP contribution in [0.1, 0.15) is 10.4 Å². The number of phenolic OH excluding ortho intramolecular Hbond substituents is 1. The number of aromatic hydroxyl groups is 1. The molecule has 48 heavy (non-hydrogen) atoms. The van der Waals surface area contributed by atoms with Crippen LogP contribution >= 0.6 is 13.5 Å². The van der Waals surface area contributed by atoms with Gasteiger partial charge in [-0.2, -0.15) is 13.5 Å². The van der Waals surface area contributed by atoms with Crippen LogP contribution in [0.5, 0.6) is 34.5 Å². The molecule has 0 atom stereocenters. The molecule has 0 bridgehead atoms. The van der Waals surface area contributed by atoms with Gasteiger partial charge >= 0.3 is 11.6 Å². The number of esters is 1. The van der Waals surface area contributed by atoms with E-state index in [4.69, 9.17) is 18.6 Å². The highest BCUT2D eigenvalue weighted by molar-refractivity contribution is 7.59. The Balaban J connectivity index is 0.00000401. The van der Waals surface area contributed by atoms with E-state index in [-0.39, 0.29) is 53.2 Å². The number of fused-ring (bicyclic) bond motifs is 1. The summed E-state index contributed by atoms with van der Waals surface area (Å²) >= 11 is 0. The Bertz CT molecular complexity index is 2250. The van der Waals surface area contributed by atoms with E-state index in [0.29, 0.717) is 33.6 Å². The number of benzene rings is 6. The molecule has 0 saturated heterocycles. The SMILES string of the molecule is O=C(Oc1ccc2ccc(=O)oc2c1)c1c(-c2ccccc2)c(O)c(Oc2ccccc2)c(Oc2ccccc2)c1-c1ccccc1.S. The molecule has 0 aliphatic heterocycles. The molecule has 0 unspecified atom stereocenters. The molecule has 0 fully saturated rings. The molecule has 1 N–H and O–H groups in total. The molecular formula is C40H28O7S. The summed E-state index contributed by atoms with van der Waals surface area (Å²) in [7, 11) is 0. The maximum atomic E-state index is 14.5. The third kappa shape index (κ3) is 6.51. The summed E-state index contributed by atoms with van der Waals surface area (Å²) in [6.45, 7) is 0. The van der Waals surface area contributed by atoms with Crippen molar-refractivity contribution in [2.45, 2.75) is 0 Å². The number of carbonyl (C=O) groups excluding carboxylic acids is 1. The Hall–Kier alpha value is -6.25. The van der Waals surface area contributed by atoms with Crippen molar-refractivity contribution in [3.63, 3.8) is 0 Å². The lowest BCUT2D eigenvalue weighted by atomic mass is 9.89. The summed E-state index contributed by atoms with van der Waals surface area (Å²) in [4.78, 5) is 26.4.